The number of nitrogens with one attached hydrogen (secondary N) is 2. The Bertz CT molecular complexity index is 996. The van der Waals surface area contributed by atoms with E-state index < -0.39 is 0 Å². The molecule has 0 amide bonds. The van der Waals surface area contributed by atoms with E-state index in [9.17, 15) is 4.79 Å². The van der Waals surface area contributed by atoms with E-state index in [2.05, 4.69) is 15.7 Å². The molecule has 0 aliphatic heterocycles. The van der Waals surface area contributed by atoms with Crippen molar-refractivity contribution >= 4 is 39.6 Å². The molecule has 0 spiro atoms. The van der Waals surface area contributed by atoms with Crippen molar-refractivity contribution in [2.24, 2.45) is 0 Å². The number of thiophene rings is 1. The first-order chi connectivity index (χ1) is 14.0. The summed E-state index contributed by atoms with van der Waals surface area (Å²) in [5.74, 6) is -0.359. The van der Waals surface area contributed by atoms with Crippen molar-refractivity contribution in [1.29, 1.82) is 0 Å². The Labute approximate surface area is 179 Å². The highest BCUT2D eigenvalue weighted by Gasteiger charge is 2.24. The van der Waals surface area contributed by atoms with Gasteiger partial charge in [-0.2, -0.15) is 5.10 Å². The van der Waals surface area contributed by atoms with Crippen molar-refractivity contribution in [2.45, 2.75) is 33.9 Å². The molecule has 2 aromatic heterocycles. The number of hydrogen-bond donors (Lipinski definition) is 2. The molecule has 0 unspecified atom stereocenters. The van der Waals surface area contributed by atoms with Crippen LogP contribution < -0.4 is 10.6 Å². The molecule has 3 rings (SSSR count). The number of ether oxygens (including phenoxy) is 1. The molecule has 0 saturated heterocycles. The van der Waals surface area contributed by atoms with Crippen LogP contribution in [-0.2, 0) is 17.8 Å². The molecule has 152 valence electrons. The average molecular weight is 429 g/mol. The van der Waals surface area contributed by atoms with E-state index in [0.29, 0.717) is 28.8 Å². The summed E-state index contributed by atoms with van der Waals surface area (Å²) in [6.07, 6.45) is 1.93. The first-order valence-electron chi connectivity index (χ1n) is 9.46. The Morgan fingerprint density at radius 1 is 1.24 bits per heavy atom. The molecule has 2 N–H and O–H groups in total. The summed E-state index contributed by atoms with van der Waals surface area (Å²) in [5.41, 5.74) is 3.26. The number of esters is 1. The third-order valence-corrected chi connectivity index (χ3v) is 5.57. The predicted molar refractivity (Wildman–Crippen MR) is 121 cm³/mol. The van der Waals surface area contributed by atoms with Gasteiger partial charge in [0.15, 0.2) is 5.11 Å². The maximum atomic E-state index is 12.7. The SMILES string of the molecule is CCOC(=O)c1c(NC(=S)NCc2ccn(CC)n2)sc(C)c1-c1ccccc1. The minimum absolute atomic E-state index is 0.310. The summed E-state index contributed by atoms with van der Waals surface area (Å²) >= 11 is 6.94. The van der Waals surface area contributed by atoms with E-state index in [1.807, 2.05) is 61.1 Å². The summed E-state index contributed by atoms with van der Waals surface area (Å²) in [6.45, 7) is 7.47. The fourth-order valence-electron chi connectivity index (χ4n) is 2.98. The largest absolute Gasteiger partial charge is 0.462 e. The fraction of sp³-hybridized carbons (Fsp3) is 0.286. The second kappa shape index (κ2) is 9.67. The van der Waals surface area contributed by atoms with Gasteiger partial charge in [0.2, 0.25) is 0 Å². The summed E-state index contributed by atoms with van der Waals surface area (Å²) in [6, 6.07) is 11.8. The van der Waals surface area contributed by atoms with Gasteiger partial charge in [-0.25, -0.2) is 4.79 Å². The molecular weight excluding hydrogens is 404 g/mol. The second-order valence-corrected chi connectivity index (χ2v) is 7.93. The average Bonchev–Trinajstić information content (AvgIpc) is 3.31. The molecule has 2 heterocycles. The van der Waals surface area contributed by atoms with E-state index in [4.69, 9.17) is 17.0 Å². The van der Waals surface area contributed by atoms with E-state index >= 15 is 0 Å². The van der Waals surface area contributed by atoms with Crippen LogP contribution in [0.2, 0.25) is 0 Å². The zero-order chi connectivity index (χ0) is 20.8. The molecule has 0 aliphatic carbocycles. The van der Waals surface area contributed by atoms with Crippen molar-refractivity contribution in [1.82, 2.24) is 15.1 Å². The highest BCUT2D eigenvalue weighted by molar-refractivity contribution is 7.80. The van der Waals surface area contributed by atoms with Crippen LogP contribution in [0.25, 0.3) is 11.1 Å². The molecule has 1 aromatic carbocycles. The smallest absolute Gasteiger partial charge is 0.341 e. The fourth-order valence-corrected chi connectivity index (χ4v) is 4.28. The van der Waals surface area contributed by atoms with Crippen LogP contribution in [0.3, 0.4) is 0 Å². The Morgan fingerprint density at radius 2 is 2.00 bits per heavy atom. The number of thiocarbonyl (C=S) groups is 1. The van der Waals surface area contributed by atoms with E-state index in [1.54, 1.807) is 6.92 Å². The molecule has 29 heavy (non-hydrogen) atoms. The van der Waals surface area contributed by atoms with Crippen LogP contribution in [0, 0.1) is 6.92 Å². The Balaban J connectivity index is 1.82. The molecule has 0 bridgehead atoms. The number of rotatable bonds is 7. The highest BCUT2D eigenvalue weighted by atomic mass is 32.1. The van der Waals surface area contributed by atoms with Gasteiger partial charge in [-0.15, -0.1) is 11.3 Å². The van der Waals surface area contributed by atoms with Crippen LogP contribution >= 0.6 is 23.6 Å². The third-order valence-electron chi connectivity index (χ3n) is 4.30. The van der Waals surface area contributed by atoms with Crippen molar-refractivity contribution < 1.29 is 9.53 Å². The Morgan fingerprint density at radius 3 is 2.66 bits per heavy atom. The minimum Gasteiger partial charge on any atom is -0.462 e. The van der Waals surface area contributed by atoms with E-state index in [1.165, 1.54) is 11.3 Å². The molecule has 0 aliphatic rings. The molecule has 0 saturated carbocycles. The highest BCUT2D eigenvalue weighted by Crippen LogP contribution is 2.40. The van der Waals surface area contributed by atoms with Gasteiger partial charge in [-0.3, -0.25) is 4.68 Å². The van der Waals surface area contributed by atoms with Crippen LogP contribution in [0.1, 0.15) is 34.8 Å². The van der Waals surface area contributed by atoms with Gasteiger partial charge in [0.05, 0.1) is 18.8 Å². The van der Waals surface area contributed by atoms with Gasteiger partial charge in [0.25, 0.3) is 0 Å². The van der Waals surface area contributed by atoms with Crippen molar-refractivity contribution in [3.8, 4) is 11.1 Å². The van der Waals surface area contributed by atoms with E-state index in [0.717, 1.165) is 28.2 Å². The predicted octanol–water partition coefficient (Wildman–Crippen LogP) is 4.60. The number of aromatic nitrogens is 2. The number of carbonyl (C=O) groups excluding carboxylic acids is 1. The van der Waals surface area contributed by atoms with Crippen LogP contribution in [0.15, 0.2) is 42.6 Å². The Hall–Kier alpha value is -2.71. The molecule has 3 aromatic rings. The minimum atomic E-state index is -0.359. The van der Waals surface area contributed by atoms with E-state index in [-0.39, 0.29) is 5.97 Å². The van der Waals surface area contributed by atoms with Crippen molar-refractivity contribution in [3.63, 3.8) is 0 Å². The second-order valence-electron chi connectivity index (χ2n) is 6.29. The number of aryl methyl sites for hydroxylation is 2. The van der Waals surface area contributed by atoms with Crippen molar-refractivity contribution in [2.75, 3.05) is 11.9 Å². The van der Waals surface area contributed by atoms with Gasteiger partial charge in [0.1, 0.15) is 10.6 Å². The summed E-state index contributed by atoms with van der Waals surface area (Å²) in [5, 5.41) is 11.9. The first kappa shape index (κ1) is 21.0. The molecule has 8 heteroatoms. The van der Waals surface area contributed by atoms with Gasteiger partial charge in [-0.05, 0) is 44.6 Å². The zero-order valence-electron chi connectivity index (χ0n) is 16.7. The number of anilines is 1. The Kier molecular flexibility index (Phi) is 7.00. The van der Waals surface area contributed by atoms with Crippen LogP contribution in [-0.4, -0.2) is 27.5 Å². The number of hydrogen-bond acceptors (Lipinski definition) is 5. The molecule has 6 nitrogen and oxygen atoms in total. The number of carbonyl (C=O) groups is 1. The van der Waals surface area contributed by atoms with Gasteiger partial charge < -0.3 is 15.4 Å². The standard InChI is InChI=1S/C21H24N4O2S2/c1-4-25-12-11-16(24-25)13-22-21(28)23-19-18(20(26)27-5-2)17(14(3)29-19)15-9-7-6-8-10-15/h6-12H,4-5,13H2,1-3H3,(H2,22,23,28). The number of benzene rings is 1. The number of nitrogens with zero attached hydrogens (tertiary/aromatic N) is 2. The van der Waals surface area contributed by atoms with Crippen molar-refractivity contribution in [3.05, 3.63) is 58.7 Å². The normalized spacial score (nSPS) is 10.6. The van der Waals surface area contributed by atoms with Gasteiger partial charge in [-0.1, -0.05) is 30.3 Å². The maximum Gasteiger partial charge on any atom is 0.341 e. The molecular formula is C21H24N4O2S2. The third kappa shape index (κ3) is 5.02. The molecule has 0 fully saturated rings. The first-order valence-corrected chi connectivity index (χ1v) is 10.7. The lowest BCUT2D eigenvalue weighted by Crippen LogP contribution is -2.28. The summed E-state index contributed by atoms with van der Waals surface area (Å²) in [7, 11) is 0. The lowest BCUT2D eigenvalue weighted by molar-refractivity contribution is 0.0529. The lowest BCUT2D eigenvalue weighted by atomic mass is 10.0. The summed E-state index contributed by atoms with van der Waals surface area (Å²) in [4.78, 5) is 13.8. The lowest BCUT2D eigenvalue weighted by Gasteiger charge is -2.11. The summed E-state index contributed by atoms with van der Waals surface area (Å²) < 4.78 is 7.18. The topological polar surface area (TPSA) is 68.2 Å². The zero-order valence-corrected chi connectivity index (χ0v) is 18.3. The van der Waals surface area contributed by atoms with Gasteiger partial charge >= 0.3 is 5.97 Å². The van der Waals surface area contributed by atoms with Crippen LogP contribution in [0.5, 0.6) is 0 Å². The molecule has 0 atom stereocenters. The van der Waals surface area contributed by atoms with Gasteiger partial charge in [0, 0.05) is 23.2 Å². The monoisotopic (exact) mass is 428 g/mol. The molecule has 0 radical (unpaired) electrons. The maximum absolute atomic E-state index is 12.7. The van der Waals surface area contributed by atoms with Crippen LogP contribution in [0.4, 0.5) is 5.00 Å². The quantitative estimate of drug-likeness (QED) is 0.423.